The molecule has 2 heterocycles. The minimum Gasteiger partial charge on any atom is -0.313 e. The molecular weight excluding hydrogens is 224 g/mol. The predicted molar refractivity (Wildman–Crippen MR) is 65.0 cm³/mol. The summed E-state index contributed by atoms with van der Waals surface area (Å²) >= 11 is 1.65. The van der Waals surface area contributed by atoms with Crippen molar-refractivity contribution in [3.8, 4) is 0 Å². The summed E-state index contributed by atoms with van der Waals surface area (Å²) in [7, 11) is 0. The van der Waals surface area contributed by atoms with Crippen LogP contribution in [0.5, 0.6) is 0 Å². The Balaban J connectivity index is 2.00. The minimum atomic E-state index is -0.114. The number of nitrogens with zero attached hydrogens (tertiary/aromatic N) is 2. The molecule has 1 aromatic heterocycles. The standard InChI is InChI=1S/C10H18N4OS/c1-7(2)14-9(15)12-13-10(14)16-6-8-4-3-5-11-8/h7-8,11H,3-6H2,1-2H3,(H,12,15)/t8-/m0/s1. The quantitative estimate of drug-likeness (QED) is 0.773. The lowest BCUT2D eigenvalue weighted by Gasteiger charge is -2.11. The Morgan fingerprint density at radius 3 is 3.06 bits per heavy atom. The van der Waals surface area contributed by atoms with Crippen LogP contribution in [0.1, 0.15) is 32.7 Å². The summed E-state index contributed by atoms with van der Waals surface area (Å²) in [5.41, 5.74) is -0.114. The van der Waals surface area contributed by atoms with Crippen LogP contribution in [-0.4, -0.2) is 33.1 Å². The van der Waals surface area contributed by atoms with Gasteiger partial charge in [0.15, 0.2) is 5.16 Å². The van der Waals surface area contributed by atoms with Crippen molar-refractivity contribution in [2.75, 3.05) is 12.3 Å². The molecular formula is C10H18N4OS. The van der Waals surface area contributed by atoms with Crippen LogP contribution in [0.15, 0.2) is 9.95 Å². The van der Waals surface area contributed by atoms with Gasteiger partial charge in [0.2, 0.25) is 0 Å². The first-order valence-electron chi connectivity index (χ1n) is 5.71. The molecule has 1 saturated heterocycles. The number of aromatic amines is 1. The van der Waals surface area contributed by atoms with E-state index >= 15 is 0 Å². The van der Waals surface area contributed by atoms with Crippen LogP contribution in [0.25, 0.3) is 0 Å². The van der Waals surface area contributed by atoms with Crippen molar-refractivity contribution in [3.63, 3.8) is 0 Å². The van der Waals surface area contributed by atoms with Crippen molar-refractivity contribution >= 4 is 11.8 Å². The van der Waals surface area contributed by atoms with Crippen molar-refractivity contribution in [1.82, 2.24) is 20.1 Å². The number of thioether (sulfide) groups is 1. The zero-order valence-corrected chi connectivity index (χ0v) is 10.5. The highest BCUT2D eigenvalue weighted by Crippen LogP contribution is 2.20. The highest BCUT2D eigenvalue weighted by atomic mass is 32.2. The van der Waals surface area contributed by atoms with Gasteiger partial charge in [-0.05, 0) is 33.2 Å². The average Bonchev–Trinajstić information content (AvgIpc) is 2.83. The van der Waals surface area contributed by atoms with Gasteiger partial charge in [-0.3, -0.25) is 4.57 Å². The molecule has 0 amide bonds. The van der Waals surface area contributed by atoms with Gasteiger partial charge in [0, 0.05) is 17.8 Å². The van der Waals surface area contributed by atoms with Crippen LogP contribution in [0, 0.1) is 0 Å². The van der Waals surface area contributed by atoms with Gasteiger partial charge in [0.1, 0.15) is 0 Å². The molecule has 0 aliphatic carbocycles. The molecule has 2 N–H and O–H groups in total. The van der Waals surface area contributed by atoms with Crippen molar-refractivity contribution < 1.29 is 0 Å². The third kappa shape index (κ3) is 2.49. The minimum absolute atomic E-state index is 0.114. The molecule has 1 fully saturated rings. The van der Waals surface area contributed by atoms with E-state index in [-0.39, 0.29) is 11.7 Å². The van der Waals surface area contributed by atoms with Crippen molar-refractivity contribution in [3.05, 3.63) is 10.5 Å². The summed E-state index contributed by atoms with van der Waals surface area (Å²) in [4.78, 5) is 11.5. The average molecular weight is 242 g/mol. The van der Waals surface area contributed by atoms with Gasteiger partial charge in [0.25, 0.3) is 0 Å². The Hall–Kier alpha value is -0.750. The van der Waals surface area contributed by atoms with E-state index in [1.165, 1.54) is 12.8 Å². The Bertz CT molecular complexity index is 392. The zero-order valence-electron chi connectivity index (χ0n) is 9.69. The van der Waals surface area contributed by atoms with Gasteiger partial charge in [-0.1, -0.05) is 11.8 Å². The van der Waals surface area contributed by atoms with E-state index < -0.39 is 0 Å². The second-order valence-electron chi connectivity index (χ2n) is 4.38. The summed E-state index contributed by atoms with van der Waals surface area (Å²) in [6.45, 7) is 5.10. The van der Waals surface area contributed by atoms with Crippen LogP contribution in [0.3, 0.4) is 0 Å². The smallest absolute Gasteiger partial charge is 0.313 e. The van der Waals surface area contributed by atoms with Crippen LogP contribution in [0.4, 0.5) is 0 Å². The Kier molecular flexibility index (Phi) is 3.70. The lowest BCUT2D eigenvalue weighted by Crippen LogP contribution is -2.24. The van der Waals surface area contributed by atoms with E-state index in [0.29, 0.717) is 6.04 Å². The number of nitrogens with one attached hydrogen (secondary N) is 2. The fraction of sp³-hybridized carbons (Fsp3) is 0.800. The lowest BCUT2D eigenvalue weighted by molar-refractivity contribution is 0.533. The highest BCUT2D eigenvalue weighted by molar-refractivity contribution is 7.99. The van der Waals surface area contributed by atoms with E-state index in [2.05, 4.69) is 15.5 Å². The lowest BCUT2D eigenvalue weighted by atomic mass is 10.3. The second-order valence-corrected chi connectivity index (χ2v) is 5.37. The third-order valence-electron chi connectivity index (χ3n) is 2.76. The summed E-state index contributed by atoms with van der Waals surface area (Å²) in [5.74, 6) is 0.983. The molecule has 1 aliphatic rings. The van der Waals surface area contributed by atoms with Gasteiger partial charge in [-0.15, -0.1) is 5.10 Å². The summed E-state index contributed by atoms with van der Waals surface area (Å²) in [6, 6.07) is 0.725. The molecule has 0 radical (unpaired) electrons. The molecule has 2 rings (SSSR count). The molecule has 1 atom stereocenters. The molecule has 90 valence electrons. The maximum atomic E-state index is 11.5. The molecule has 1 aliphatic heterocycles. The Morgan fingerprint density at radius 2 is 2.44 bits per heavy atom. The highest BCUT2D eigenvalue weighted by Gasteiger charge is 2.17. The van der Waals surface area contributed by atoms with Crippen LogP contribution < -0.4 is 11.0 Å². The number of hydrogen-bond donors (Lipinski definition) is 2. The van der Waals surface area contributed by atoms with Gasteiger partial charge < -0.3 is 5.32 Å². The van der Waals surface area contributed by atoms with E-state index in [9.17, 15) is 4.79 Å². The number of hydrogen-bond acceptors (Lipinski definition) is 4. The monoisotopic (exact) mass is 242 g/mol. The van der Waals surface area contributed by atoms with E-state index in [4.69, 9.17) is 0 Å². The first kappa shape index (κ1) is 11.7. The van der Waals surface area contributed by atoms with Crippen molar-refractivity contribution in [1.29, 1.82) is 0 Å². The third-order valence-corrected chi connectivity index (χ3v) is 3.88. The van der Waals surface area contributed by atoms with Crippen LogP contribution >= 0.6 is 11.8 Å². The normalized spacial score (nSPS) is 20.8. The Morgan fingerprint density at radius 1 is 1.62 bits per heavy atom. The fourth-order valence-electron chi connectivity index (χ4n) is 1.92. The SMILES string of the molecule is CC(C)n1c(SC[C@@H]2CCCN2)n[nH]c1=O. The predicted octanol–water partition coefficient (Wildman–Crippen LogP) is 0.996. The molecule has 5 nitrogen and oxygen atoms in total. The summed E-state index contributed by atoms with van der Waals surface area (Å²) in [6.07, 6.45) is 2.48. The number of rotatable bonds is 4. The van der Waals surface area contributed by atoms with Crippen molar-refractivity contribution in [2.24, 2.45) is 0 Å². The van der Waals surface area contributed by atoms with Crippen LogP contribution in [0.2, 0.25) is 0 Å². The fourth-order valence-corrected chi connectivity index (χ4v) is 3.10. The largest absolute Gasteiger partial charge is 0.344 e. The van der Waals surface area contributed by atoms with Gasteiger partial charge in [0.05, 0.1) is 0 Å². The maximum Gasteiger partial charge on any atom is 0.344 e. The van der Waals surface area contributed by atoms with Gasteiger partial charge in [-0.25, -0.2) is 9.89 Å². The summed E-state index contributed by atoms with van der Waals surface area (Å²) in [5, 5.41) is 10.8. The Labute approximate surface area is 99.0 Å². The van der Waals surface area contributed by atoms with Gasteiger partial charge in [-0.2, -0.15) is 0 Å². The topological polar surface area (TPSA) is 62.7 Å². The molecule has 0 aromatic carbocycles. The van der Waals surface area contributed by atoms with E-state index in [1.807, 2.05) is 13.8 Å². The van der Waals surface area contributed by atoms with Gasteiger partial charge >= 0.3 is 5.69 Å². The second kappa shape index (κ2) is 5.05. The van der Waals surface area contributed by atoms with Crippen LogP contribution in [-0.2, 0) is 0 Å². The molecule has 16 heavy (non-hydrogen) atoms. The maximum absolute atomic E-state index is 11.5. The molecule has 0 saturated carbocycles. The molecule has 0 bridgehead atoms. The zero-order chi connectivity index (χ0) is 11.5. The summed E-state index contributed by atoms with van der Waals surface area (Å²) < 4.78 is 1.71. The molecule has 6 heteroatoms. The first-order valence-corrected chi connectivity index (χ1v) is 6.70. The molecule has 1 aromatic rings. The molecule has 0 spiro atoms. The number of aromatic nitrogens is 3. The van der Waals surface area contributed by atoms with E-state index in [1.54, 1.807) is 16.3 Å². The number of H-pyrrole nitrogens is 1. The van der Waals surface area contributed by atoms with Crippen molar-refractivity contribution in [2.45, 2.75) is 43.9 Å². The van der Waals surface area contributed by atoms with E-state index in [0.717, 1.165) is 17.5 Å². The first-order chi connectivity index (χ1) is 7.68. The molecule has 0 unspecified atom stereocenters.